The Morgan fingerprint density at radius 3 is 2.58 bits per heavy atom. The van der Waals surface area contributed by atoms with Crippen LogP contribution in [0.2, 0.25) is 5.02 Å². The molecule has 0 aliphatic heterocycles. The van der Waals surface area contributed by atoms with Crippen molar-refractivity contribution in [2.45, 2.75) is 12.2 Å². The van der Waals surface area contributed by atoms with Gasteiger partial charge in [-0.3, -0.25) is 9.59 Å². The molecule has 0 aliphatic rings. The number of carbonyl (C=O) groups is 2. The third-order valence-electron chi connectivity index (χ3n) is 3.11. The highest BCUT2D eigenvalue weighted by molar-refractivity contribution is 8.01. The number of halogens is 1. The summed E-state index contributed by atoms with van der Waals surface area (Å²) in [5, 5.41) is 15.0. The monoisotopic (exact) mass is 364 g/mol. The molecule has 0 saturated carbocycles. The Labute approximate surface area is 149 Å². The van der Waals surface area contributed by atoms with Crippen LogP contribution < -0.4 is 10.6 Å². The van der Waals surface area contributed by atoms with Crippen molar-refractivity contribution in [3.05, 3.63) is 53.6 Å². The maximum absolute atomic E-state index is 12.1. The number of nitrogens with one attached hydrogen (secondary N) is 2. The van der Waals surface area contributed by atoms with Crippen molar-refractivity contribution in [1.82, 2.24) is 0 Å². The Hall–Kier alpha value is -2.18. The van der Waals surface area contributed by atoms with Gasteiger partial charge in [0.2, 0.25) is 11.8 Å². The van der Waals surface area contributed by atoms with Crippen LogP contribution in [0.1, 0.15) is 6.92 Å². The number of benzene rings is 2. The van der Waals surface area contributed by atoms with E-state index in [0.717, 1.165) is 0 Å². The number of hydrogen-bond donors (Lipinski definition) is 3. The van der Waals surface area contributed by atoms with Crippen molar-refractivity contribution in [2.24, 2.45) is 0 Å². The second-order valence-electron chi connectivity index (χ2n) is 5.02. The Balaban J connectivity index is 1.83. The van der Waals surface area contributed by atoms with E-state index in [0.29, 0.717) is 10.7 Å². The van der Waals surface area contributed by atoms with Gasteiger partial charge >= 0.3 is 0 Å². The van der Waals surface area contributed by atoms with Gasteiger partial charge in [0.15, 0.2) is 0 Å². The molecule has 1 unspecified atom stereocenters. The van der Waals surface area contributed by atoms with Crippen LogP contribution in [0.5, 0.6) is 5.75 Å². The minimum absolute atomic E-state index is 0.0632. The van der Waals surface area contributed by atoms with E-state index >= 15 is 0 Å². The van der Waals surface area contributed by atoms with Gasteiger partial charge in [0.25, 0.3) is 0 Å². The molecule has 0 fully saturated rings. The van der Waals surface area contributed by atoms with Crippen LogP contribution in [0.3, 0.4) is 0 Å². The minimum atomic E-state index is -0.468. The standard InChI is InChI=1S/C17H17ClN2O3S/c1-11(17(23)20-14-9-12(18)7-8-15(14)21)24-10-16(22)19-13-5-3-2-4-6-13/h2-9,11,21H,10H2,1H3,(H,19,22)(H,20,23). The lowest BCUT2D eigenvalue weighted by atomic mass is 10.3. The topological polar surface area (TPSA) is 78.4 Å². The second kappa shape index (κ2) is 8.61. The second-order valence-corrected chi connectivity index (χ2v) is 6.78. The molecule has 0 aliphatic carbocycles. The number of anilines is 2. The summed E-state index contributed by atoms with van der Waals surface area (Å²) in [6, 6.07) is 13.5. The van der Waals surface area contributed by atoms with Crippen LogP contribution in [-0.2, 0) is 9.59 Å². The predicted molar refractivity (Wildman–Crippen MR) is 98.7 cm³/mol. The fourth-order valence-corrected chi connectivity index (χ4v) is 2.69. The molecule has 3 N–H and O–H groups in total. The third-order valence-corrected chi connectivity index (χ3v) is 4.49. The van der Waals surface area contributed by atoms with Gasteiger partial charge in [-0.15, -0.1) is 11.8 Å². The Morgan fingerprint density at radius 1 is 1.17 bits per heavy atom. The first-order valence-electron chi connectivity index (χ1n) is 7.21. The normalized spacial score (nSPS) is 11.6. The van der Waals surface area contributed by atoms with Gasteiger partial charge in [0.1, 0.15) is 5.75 Å². The van der Waals surface area contributed by atoms with E-state index in [9.17, 15) is 14.7 Å². The number of rotatable bonds is 6. The lowest BCUT2D eigenvalue weighted by molar-refractivity contribution is -0.115. The number of thioether (sulfide) groups is 1. The molecule has 2 aromatic rings. The molecule has 0 spiro atoms. The summed E-state index contributed by atoms with van der Waals surface area (Å²) >= 11 is 7.04. The van der Waals surface area contributed by atoms with Gasteiger partial charge in [-0.25, -0.2) is 0 Å². The Kier molecular flexibility index (Phi) is 6.52. The first-order chi connectivity index (χ1) is 11.5. The number of hydrogen-bond acceptors (Lipinski definition) is 4. The van der Waals surface area contributed by atoms with E-state index < -0.39 is 5.25 Å². The molecule has 2 aromatic carbocycles. The Bertz CT molecular complexity index is 725. The zero-order chi connectivity index (χ0) is 17.5. The van der Waals surface area contributed by atoms with Crippen molar-refractivity contribution in [3.63, 3.8) is 0 Å². The first kappa shape index (κ1) is 18.2. The largest absolute Gasteiger partial charge is 0.506 e. The molecular weight excluding hydrogens is 348 g/mol. The van der Waals surface area contributed by atoms with Crippen molar-refractivity contribution in [2.75, 3.05) is 16.4 Å². The number of phenolic OH excluding ortho intramolecular Hbond substituents is 1. The highest BCUT2D eigenvalue weighted by atomic mass is 35.5. The van der Waals surface area contributed by atoms with Crippen LogP contribution in [0.25, 0.3) is 0 Å². The first-order valence-corrected chi connectivity index (χ1v) is 8.64. The lowest BCUT2D eigenvalue weighted by Crippen LogP contribution is -2.25. The van der Waals surface area contributed by atoms with Crippen LogP contribution >= 0.6 is 23.4 Å². The highest BCUT2D eigenvalue weighted by Gasteiger charge is 2.17. The van der Waals surface area contributed by atoms with Crippen molar-refractivity contribution >= 4 is 46.6 Å². The summed E-state index contributed by atoms with van der Waals surface area (Å²) in [5.74, 6) is -0.418. The zero-order valence-electron chi connectivity index (χ0n) is 13.0. The van der Waals surface area contributed by atoms with Gasteiger partial charge in [-0.2, -0.15) is 0 Å². The van der Waals surface area contributed by atoms with E-state index in [1.165, 1.54) is 30.0 Å². The van der Waals surface area contributed by atoms with Gasteiger partial charge in [-0.1, -0.05) is 29.8 Å². The summed E-state index contributed by atoms with van der Waals surface area (Å²) in [6.07, 6.45) is 0. The third kappa shape index (κ3) is 5.47. The van der Waals surface area contributed by atoms with Crippen LogP contribution in [0.4, 0.5) is 11.4 Å². The molecule has 2 amide bonds. The fraction of sp³-hybridized carbons (Fsp3) is 0.176. The summed E-state index contributed by atoms with van der Waals surface area (Å²) in [7, 11) is 0. The van der Waals surface area contributed by atoms with Crippen molar-refractivity contribution in [1.29, 1.82) is 0 Å². The maximum atomic E-state index is 12.1. The van der Waals surface area contributed by atoms with Crippen LogP contribution in [0.15, 0.2) is 48.5 Å². The molecule has 0 saturated heterocycles. The molecule has 7 heteroatoms. The molecule has 0 aromatic heterocycles. The smallest absolute Gasteiger partial charge is 0.237 e. The van der Waals surface area contributed by atoms with E-state index in [-0.39, 0.29) is 29.0 Å². The van der Waals surface area contributed by atoms with E-state index in [2.05, 4.69) is 10.6 Å². The number of aromatic hydroxyl groups is 1. The molecule has 0 radical (unpaired) electrons. The van der Waals surface area contributed by atoms with E-state index in [1.54, 1.807) is 19.1 Å². The summed E-state index contributed by atoms with van der Waals surface area (Å²) in [4.78, 5) is 24.0. The average Bonchev–Trinajstić information content (AvgIpc) is 2.57. The van der Waals surface area contributed by atoms with Crippen molar-refractivity contribution < 1.29 is 14.7 Å². The molecule has 1 atom stereocenters. The van der Waals surface area contributed by atoms with Crippen LogP contribution in [-0.4, -0.2) is 27.9 Å². The predicted octanol–water partition coefficient (Wildman–Crippen LogP) is 3.74. The number of amides is 2. The molecule has 0 bridgehead atoms. The quantitative estimate of drug-likeness (QED) is 0.682. The van der Waals surface area contributed by atoms with Crippen molar-refractivity contribution in [3.8, 4) is 5.75 Å². The van der Waals surface area contributed by atoms with E-state index in [1.807, 2.05) is 18.2 Å². The molecule has 24 heavy (non-hydrogen) atoms. The molecule has 5 nitrogen and oxygen atoms in total. The minimum Gasteiger partial charge on any atom is -0.506 e. The number of carbonyl (C=O) groups excluding carboxylic acids is 2. The molecule has 0 heterocycles. The molecule has 2 rings (SSSR count). The number of para-hydroxylation sites is 1. The van der Waals surface area contributed by atoms with Gasteiger partial charge < -0.3 is 15.7 Å². The van der Waals surface area contributed by atoms with Gasteiger partial charge in [0, 0.05) is 10.7 Å². The fourth-order valence-electron chi connectivity index (χ4n) is 1.84. The highest BCUT2D eigenvalue weighted by Crippen LogP contribution is 2.27. The average molecular weight is 365 g/mol. The Morgan fingerprint density at radius 2 is 1.88 bits per heavy atom. The zero-order valence-corrected chi connectivity index (χ0v) is 14.5. The van der Waals surface area contributed by atoms with Crippen LogP contribution in [0, 0.1) is 0 Å². The number of phenols is 1. The summed E-state index contributed by atoms with van der Waals surface area (Å²) in [6.45, 7) is 1.69. The maximum Gasteiger partial charge on any atom is 0.237 e. The van der Waals surface area contributed by atoms with E-state index in [4.69, 9.17) is 11.6 Å². The lowest BCUT2D eigenvalue weighted by Gasteiger charge is -2.13. The summed E-state index contributed by atoms with van der Waals surface area (Å²) in [5.41, 5.74) is 0.956. The molecule has 126 valence electrons. The van der Waals surface area contributed by atoms with Gasteiger partial charge in [-0.05, 0) is 37.3 Å². The molecular formula is C17H17ClN2O3S. The summed E-state index contributed by atoms with van der Waals surface area (Å²) < 4.78 is 0. The SMILES string of the molecule is CC(SCC(=O)Nc1ccccc1)C(=O)Nc1cc(Cl)ccc1O. The van der Waals surface area contributed by atoms with Gasteiger partial charge in [0.05, 0.1) is 16.7 Å².